The number of benzene rings is 1. The molecule has 1 aliphatic heterocycles. The van der Waals surface area contributed by atoms with Gasteiger partial charge in [-0.2, -0.15) is 0 Å². The first kappa shape index (κ1) is 17.8. The number of nitrogens with zero attached hydrogens (tertiary/aromatic N) is 2. The highest BCUT2D eigenvalue weighted by molar-refractivity contribution is 6.30. The highest BCUT2D eigenvalue weighted by atomic mass is 35.5. The standard InChI is InChI=1S/C17H23ClN2O3/c1-3-4-7-15-10-19(14-8-5-6-13(18)9-14)16(21)11-20(15)17(22)12-23-2/h5-6,8-9,15H,3-4,7,10-12H2,1-2H3/t15-/m0/s1. The molecule has 1 aromatic carbocycles. The lowest BCUT2D eigenvalue weighted by Gasteiger charge is -2.41. The Balaban J connectivity index is 2.19. The lowest BCUT2D eigenvalue weighted by atomic mass is 10.0. The normalized spacial score (nSPS) is 18.4. The lowest BCUT2D eigenvalue weighted by Crippen LogP contribution is -2.58. The van der Waals surface area contributed by atoms with Crippen LogP contribution in [0.3, 0.4) is 0 Å². The molecule has 0 N–H and O–H groups in total. The molecule has 0 bridgehead atoms. The van der Waals surface area contributed by atoms with Gasteiger partial charge in [0.25, 0.3) is 0 Å². The van der Waals surface area contributed by atoms with Crippen LogP contribution in [0.5, 0.6) is 0 Å². The fourth-order valence-corrected chi connectivity index (χ4v) is 3.03. The molecule has 0 aliphatic carbocycles. The van der Waals surface area contributed by atoms with Gasteiger partial charge in [0, 0.05) is 24.4 Å². The predicted octanol–water partition coefficient (Wildman–Crippen LogP) is 2.72. The van der Waals surface area contributed by atoms with E-state index < -0.39 is 0 Å². The zero-order valence-corrected chi connectivity index (χ0v) is 14.4. The Hall–Kier alpha value is -1.59. The molecule has 1 fully saturated rings. The van der Waals surface area contributed by atoms with Gasteiger partial charge in [-0.25, -0.2) is 0 Å². The number of amides is 2. The van der Waals surface area contributed by atoms with E-state index in [0.29, 0.717) is 11.6 Å². The molecular weight excluding hydrogens is 316 g/mol. The van der Waals surface area contributed by atoms with Crippen molar-refractivity contribution in [3.63, 3.8) is 0 Å². The molecule has 1 heterocycles. The molecule has 0 aromatic heterocycles. The summed E-state index contributed by atoms with van der Waals surface area (Å²) < 4.78 is 4.94. The Morgan fingerprint density at radius 3 is 2.87 bits per heavy atom. The highest BCUT2D eigenvalue weighted by Gasteiger charge is 2.35. The number of methoxy groups -OCH3 is 1. The Kier molecular flexibility index (Phi) is 6.42. The summed E-state index contributed by atoms with van der Waals surface area (Å²) in [6.45, 7) is 2.70. The molecule has 2 rings (SSSR count). The van der Waals surface area contributed by atoms with Crippen molar-refractivity contribution >= 4 is 29.1 Å². The predicted molar refractivity (Wildman–Crippen MR) is 90.7 cm³/mol. The Morgan fingerprint density at radius 1 is 1.43 bits per heavy atom. The number of anilines is 1. The second kappa shape index (κ2) is 8.31. The Labute approximate surface area is 142 Å². The highest BCUT2D eigenvalue weighted by Crippen LogP contribution is 2.25. The molecule has 0 unspecified atom stereocenters. The Morgan fingerprint density at radius 2 is 2.22 bits per heavy atom. The number of unbranched alkanes of at least 4 members (excludes halogenated alkanes) is 1. The van der Waals surface area contributed by atoms with Gasteiger partial charge < -0.3 is 14.5 Å². The van der Waals surface area contributed by atoms with Gasteiger partial charge >= 0.3 is 0 Å². The third-order valence-corrected chi connectivity index (χ3v) is 4.27. The van der Waals surface area contributed by atoms with Gasteiger partial charge in [-0.15, -0.1) is 0 Å². The Bertz CT molecular complexity index is 565. The second-order valence-corrected chi connectivity index (χ2v) is 6.17. The molecule has 1 aliphatic rings. The first-order valence-corrected chi connectivity index (χ1v) is 8.29. The molecule has 5 nitrogen and oxygen atoms in total. The third-order valence-electron chi connectivity index (χ3n) is 4.04. The topological polar surface area (TPSA) is 49.9 Å². The van der Waals surface area contributed by atoms with Crippen LogP contribution in [0.1, 0.15) is 26.2 Å². The third kappa shape index (κ3) is 4.45. The summed E-state index contributed by atoms with van der Waals surface area (Å²) in [4.78, 5) is 28.1. The lowest BCUT2D eigenvalue weighted by molar-refractivity contribution is -0.143. The minimum absolute atomic E-state index is 0.00701. The number of halogens is 1. The van der Waals surface area contributed by atoms with E-state index in [1.807, 2.05) is 12.1 Å². The second-order valence-electron chi connectivity index (χ2n) is 5.73. The summed E-state index contributed by atoms with van der Waals surface area (Å²) in [5.74, 6) is -0.225. The van der Waals surface area contributed by atoms with E-state index >= 15 is 0 Å². The molecule has 6 heteroatoms. The number of rotatable bonds is 6. The van der Waals surface area contributed by atoms with Crippen molar-refractivity contribution < 1.29 is 14.3 Å². The minimum atomic E-state index is -0.132. The maximum absolute atomic E-state index is 12.5. The van der Waals surface area contributed by atoms with E-state index in [1.54, 1.807) is 21.9 Å². The summed E-state index contributed by atoms with van der Waals surface area (Å²) in [5, 5.41) is 0.596. The van der Waals surface area contributed by atoms with Crippen LogP contribution in [-0.2, 0) is 14.3 Å². The van der Waals surface area contributed by atoms with Crippen molar-refractivity contribution in [3.8, 4) is 0 Å². The molecule has 1 atom stereocenters. The number of carbonyl (C=O) groups excluding carboxylic acids is 2. The van der Waals surface area contributed by atoms with Crippen LogP contribution in [0.25, 0.3) is 0 Å². The van der Waals surface area contributed by atoms with Crippen molar-refractivity contribution in [2.24, 2.45) is 0 Å². The fraction of sp³-hybridized carbons (Fsp3) is 0.529. The summed E-state index contributed by atoms with van der Waals surface area (Å²) in [6, 6.07) is 7.27. The maximum Gasteiger partial charge on any atom is 0.249 e. The quantitative estimate of drug-likeness (QED) is 0.801. The van der Waals surface area contributed by atoms with Crippen LogP contribution in [0, 0.1) is 0 Å². The monoisotopic (exact) mass is 338 g/mol. The van der Waals surface area contributed by atoms with Gasteiger partial charge in [-0.3, -0.25) is 9.59 Å². The van der Waals surface area contributed by atoms with Gasteiger partial charge in [0.05, 0.1) is 6.04 Å². The molecule has 2 amide bonds. The molecule has 0 spiro atoms. The number of piperazine rings is 1. The largest absolute Gasteiger partial charge is 0.375 e. The van der Waals surface area contributed by atoms with Gasteiger partial charge in [-0.05, 0) is 24.6 Å². The van der Waals surface area contributed by atoms with Crippen LogP contribution in [0.4, 0.5) is 5.69 Å². The van der Waals surface area contributed by atoms with Crippen LogP contribution in [0.2, 0.25) is 5.02 Å². The van der Waals surface area contributed by atoms with E-state index in [0.717, 1.165) is 24.9 Å². The summed E-state index contributed by atoms with van der Waals surface area (Å²) in [6.07, 6.45) is 2.93. The molecule has 23 heavy (non-hydrogen) atoms. The fourth-order valence-electron chi connectivity index (χ4n) is 2.85. The first-order valence-electron chi connectivity index (χ1n) is 7.91. The van der Waals surface area contributed by atoms with Gasteiger partial charge in [0.15, 0.2) is 0 Å². The van der Waals surface area contributed by atoms with E-state index in [1.165, 1.54) is 7.11 Å². The van der Waals surface area contributed by atoms with Crippen molar-refractivity contribution in [1.82, 2.24) is 4.90 Å². The minimum Gasteiger partial charge on any atom is -0.375 e. The average Bonchev–Trinajstić information content (AvgIpc) is 2.53. The van der Waals surface area contributed by atoms with Crippen LogP contribution in [-0.4, -0.2) is 49.6 Å². The molecule has 0 saturated carbocycles. The van der Waals surface area contributed by atoms with Crippen LogP contribution >= 0.6 is 11.6 Å². The van der Waals surface area contributed by atoms with Gasteiger partial charge in [0.1, 0.15) is 13.2 Å². The summed E-state index contributed by atoms with van der Waals surface area (Å²) >= 11 is 6.03. The SMILES string of the molecule is CCCC[C@H]1CN(c2cccc(Cl)c2)C(=O)CN1C(=O)COC. The number of carbonyl (C=O) groups is 2. The number of hydrogen-bond acceptors (Lipinski definition) is 3. The molecule has 126 valence electrons. The average molecular weight is 339 g/mol. The van der Waals surface area contributed by atoms with Crippen molar-refractivity contribution in [3.05, 3.63) is 29.3 Å². The molecule has 1 aromatic rings. The number of hydrogen-bond donors (Lipinski definition) is 0. The summed E-state index contributed by atoms with van der Waals surface area (Å²) in [7, 11) is 1.49. The zero-order chi connectivity index (χ0) is 16.8. The van der Waals surface area contributed by atoms with E-state index in [4.69, 9.17) is 16.3 Å². The number of ether oxygens (including phenoxy) is 1. The van der Waals surface area contributed by atoms with Crippen molar-refractivity contribution in [2.75, 3.05) is 31.7 Å². The van der Waals surface area contributed by atoms with Crippen molar-refractivity contribution in [1.29, 1.82) is 0 Å². The van der Waals surface area contributed by atoms with E-state index in [-0.39, 0.29) is 31.0 Å². The smallest absolute Gasteiger partial charge is 0.249 e. The van der Waals surface area contributed by atoms with Gasteiger partial charge in [-0.1, -0.05) is 37.4 Å². The summed E-state index contributed by atoms with van der Waals surface area (Å²) in [5.41, 5.74) is 0.780. The van der Waals surface area contributed by atoms with Crippen molar-refractivity contribution in [2.45, 2.75) is 32.2 Å². The molecular formula is C17H23ClN2O3. The molecule has 0 radical (unpaired) electrons. The van der Waals surface area contributed by atoms with Crippen LogP contribution in [0.15, 0.2) is 24.3 Å². The zero-order valence-electron chi connectivity index (χ0n) is 13.6. The van der Waals surface area contributed by atoms with E-state index in [9.17, 15) is 9.59 Å². The van der Waals surface area contributed by atoms with Crippen LogP contribution < -0.4 is 4.90 Å². The molecule has 1 saturated heterocycles. The maximum atomic E-state index is 12.5. The van der Waals surface area contributed by atoms with Gasteiger partial charge in [0.2, 0.25) is 11.8 Å². The first-order chi connectivity index (χ1) is 11.1. The van der Waals surface area contributed by atoms with E-state index in [2.05, 4.69) is 6.92 Å².